The molecule has 1 amide bonds. The SMILES string of the molecule is C[C@H]1CCCN(c2ccc(CNC(=S)Nc3ccc(C(=O)N(C)C)cc3)cc2)C1. The number of nitrogens with one attached hydrogen (secondary N) is 2. The summed E-state index contributed by atoms with van der Waals surface area (Å²) in [5, 5.41) is 6.96. The Hall–Kier alpha value is -2.60. The molecule has 0 aromatic heterocycles. The largest absolute Gasteiger partial charge is 0.371 e. The van der Waals surface area contributed by atoms with Crippen LogP contribution in [0, 0.1) is 5.92 Å². The van der Waals surface area contributed by atoms with Crippen molar-refractivity contribution in [3.05, 3.63) is 59.7 Å². The number of hydrogen-bond donors (Lipinski definition) is 2. The molecule has 154 valence electrons. The molecule has 29 heavy (non-hydrogen) atoms. The number of nitrogens with zero attached hydrogens (tertiary/aromatic N) is 2. The molecule has 0 radical (unpaired) electrons. The summed E-state index contributed by atoms with van der Waals surface area (Å²) >= 11 is 5.40. The third-order valence-corrected chi connectivity index (χ3v) is 5.45. The fraction of sp³-hybridized carbons (Fsp3) is 0.391. The van der Waals surface area contributed by atoms with Gasteiger partial charge in [0, 0.05) is 50.7 Å². The first kappa shape index (κ1) is 21.1. The number of carbonyl (C=O) groups is 1. The summed E-state index contributed by atoms with van der Waals surface area (Å²) in [5.41, 5.74) is 4.00. The minimum absolute atomic E-state index is 0.0142. The molecule has 5 nitrogen and oxygen atoms in total. The van der Waals surface area contributed by atoms with Gasteiger partial charge in [-0.1, -0.05) is 19.1 Å². The second-order valence-corrected chi connectivity index (χ2v) is 8.35. The van der Waals surface area contributed by atoms with E-state index in [0.717, 1.165) is 24.7 Å². The Labute approximate surface area is 179 Å². The molecule has 1 aliphatic rings. The standard InChI is InChI=1S/C23H30N4OS/c1-17-5-4-14-27(16-17)21-12-6-18(7-13-21)15-24-23(29)25-20-10-8-19(9-11-20)22(28)26(2)3/h6-13,17H,4-5,14-16H2,1-3H3,(H2,24,25,29)/t17-/m0/s1. The Morgan fingerprint density at radius 3 is 2.45 bits per heavy atom. The first-order chi connectivity index (χ1) is 13.9. The van der Waals surface area contributed by atoms with Crippen molar-refractivity contribution in [1.29, 1.82) is 0 Å². The van der Waals surface area contributed by atoms with Gasteiger partial charge >= 0.3 is 0 Å². The van der Waals surface area contributed by atoms with Crippen molar-refractivity contribution in [1.82, 2.24) is 10.2 Å². The predicted octanol–water partition coefficient (Wildman–Crippen LogP) is 4.11. The molecule has 6 heteroatoms. The lowest BCUT2D eigenvalue weighted by Gasteiger charge is -2.32. The fourth-order valence-corrected chi connectivity index (χ4v) is 3.75. The zero-order valence-electron chi connectivity index (χ0n) is 17.4. The van der Waals surface area contributed by atoms with Crippen LogP contribution in [-0.4, -0.2) is 43.1 Å². The van der Waals surface area contributed by atoms with Crippen LogP contribution in [0.15, 0.2) is 48.5 Å². The maximum Gasteiger partial charge on any atom is 0.253 e. The molecular weight excluding hydrogens is 380 g/mol. The van der Waals surface area contributed by atoms with Gasteiger partial charge in [0.25, 0.3) is 5.91 Å². The van der Waals surface area contributed by atoms with Crippen molar-refractivity contribution in [3.8, 4) is 0 Å². The summed E-state index contributed by atoms with van der Waals surface area (Å²) in [5.74, 6) is 0.753. The highest BCUT2D eigenvalue weighted by Gasteiger charge is 2.16. The number of anilines is 2. The average molecular weight is 411 g/mol. The van der Waals surface area contributed by atoms with Crippen molar-refractivity contribution in [3.63, 3.8) is 0 Å². The summed E-state index contributed by atoms with van der Waals surface area (Å²) < 4.78 is 0. The second-order valence-electron chi connectivity index (χ2n) is 7.94. The number of carbonyl (C=O) groups excluding carboxylic acids is 1. The normalized spacial score (nSPS) is 16.2. The third-order valence-electron chi connectivity index (χ3n) is 5.21. The van der Waals surface area contributed by atoms with Crippen molar-refractivity contribution >= 4 is 34.6 Å². The van der Waals surface area contributed by atoms with E-state index < -0.39 is 0 Å². The van der Waals surface area contributed by atoms with E-state index in [9.17, 15) is 4.79 Å². The lowest BCUT2D eigenvalue weighted by molar-refractivity contribution is 0.0827. The summed E-state index contributed by atoms with van der Waals surface area (Å²) in [4.78, 5) is 16.0. The molecule has 1 aliphatic heterocycles. The van der Waals surface area contributed by atoms with Gasteiger partial charge in [0.2, 0.25) is 0 Å². The van der Waals surface area contributed by atoms with E-state index in [0.29, 0.717) is 17.2 Å². The van der Waals surface area contributed by atoms with E-state index in [1.165, 1.54) is 24.1 Å². The molecule has 2 aromatic rings. The monoisotopic (exact) mass is 410 g/mol. The van der Waals surface area contributed by atoms with E-state index in [4.69, 9.17) is 12.2 Å². The number of hydrogen-bond acceptors (Lipinski definition) is 3. The first-order valence-electron chi connectivity index (χ1n) is 10.1. The summed E-state index contributed by atoms with van der Waals surface area (Å²) in [6.45, 7) is 5.28. The van der Waals surface area contributed by atoms with Gasteiger partial charge < -0.3 is 20.4 Å². The highest BCUT2D eigenvalue weighted by molar-refractivity contribution is 7.80. The summed E-state index contributed by atoms with van der Waals surface area (Å²) in [6, 6.07) is 16.0. The van der Waals surface area contributed by atoms with Crippen molar-refractivity contribution in [2.45, 2.75) is 26.3 Å². The van der Waals surface area contributed by atoms with Gasteiger partial charge in [0.1, 0.15) is 0 Å². The number of piperidine rings is 1. The van der Waals surface area contributed by atoms with E-state index in [1.807, 2.05) is 12.1 Å². The highest BCUT2D eigenvalue weighted by atomic mass is 32.1. The molecule has 1 fully saturated rings. The Morgan fingerprint density at radius 1 is 1.14 bits per heavy atom. The van der Waals surface area contributed by atoms with Crippen LogP contribution in [0.25, 0.3) is 0 Å². The maximum atomic E-state index is 11.9. The van der Waals surface area contributed by atoms with Crippen LogP contribution in [0.1, 0.15) is 35.7 Å². The first-order valence-corrected chi connectivity index (χ1v) is 10.5. The number of benzene rings is 2. The van der Waals surface area contributed by atoms with Crippen LogP contribution in [0.4, 0.5) is 11.4 Å². The maximum absolute atomic E-state index is 11.9. The fourth-order valence-electron chi connectivity index (χ4n) is 3.56. The predicted molar refractivity (Wildman–Crippen MR) is 125 cm³/mol. The van der Waals surface area contributed by atoms with Crippen LogP contribution < -0.4 is 15.5 Å². The molecule has 1 heterocycles. The molecule has 2 aromatic carbocycles. The summed E-state index contributed by atoms with van der Waals surface area (Å²) in [6.07, 6.45) is 2.60. The van der Waals surface area contributed by atoms with Crippen molar-refractivity contribution in [2.24, 2.45) is 5.92 Å². The quantitative estimate of drug-likeness (QED) is 0.727. The third kappa shape index (κ3) is 5.94. The molecule has 0 spiro atoms. The van der Waals surface area contributed by atoms with Crippen LogP contribution in [0.2, 0.25) is 0 Å². The molecule has 0 bridgehead atoms. The van der Waals surface area contributed by atoms with Gasteiger partial charge in [-0.25, -0.2) is 0 Å². The van der Waals surface area contributed by atoms with E-state index in [1.54, 1.807) is 31.1 Å². The molecule has 2 N–H and O–H groups in total. The van der Waals surface area contributed by atoms with Crippen LogP contribution >= 0.6 is 12.2 Å². The molecular formula is C23H30N4OS. The van der Waals surface area contributed by atoms with E-state index >= 15 is 0 Å². The number of rotatable bonds is 5. The van der Waals surface area contributed by atoms with Crippen LogP contribution in [0.5, 0.6) is 0 Å². The van der Waals surface area contributed by atoms with Crippen LogP contribution in [-0.2, 0) is 6.54 Å². The number of amides is 1. The summed E-state index contributed by atoms with van der Waals surface area (Å²) in [7, 11) is 3.49. The smallest absolute Gasteiger partial charge is 0.253 e. The van der Waals surface area contributed by atoms with E-state index in [2.05, 4.69) is 46.7 Å². The highest BCUT2D eigenvalue weighted by Crippen LogP contribution is 2.23. The van der Waals surface area contributed by atoms with Gasteiger partial charge in [-0.05, 0) is 72.9 Å². The van der Waals surface area contributed by atoms with Gasteiger partial charge in [-0.15, -0.1) is 0 Å². The topological polar surface area (TPSA) is 47.6 Å². The zero-order valence-corrected chi connectivity index (χ0v) is 18.3. The Balaban J connectivity index is 1.48. The van der Waals surface area contributed by atoms with Gasteiger partial charge in [-0.2, -0.15) is 0 Å². The Kier molecular flexibility index (Phi) is 7.09. The minimum Gasteiger partial charge on any atom is -0.371 e. The minimum atomic E-state index is -0.0142. The van der Waals surface area contributed by atoms with Gasteiger partial charge in [-0.3, -0.25) is 4.79 Å². The molecule has 0 unspecified atom stereocenters. The molecule has 3 rings (SSSR count). The zero-order chi connectivity index (χ0) is 20.8. The average Bonchev–Trinajstić information content (AvgIpc) is 2.72. The Bertz CT molecular complexity index is 833. The van der Waals surface area contributed by atoms with E-state index in [-0.39, 0.29) is 5.91 Å². The molecule has 0 saturated carbocycles. The lowest BCUT2D eigenvalue weighted by Crippen LogP contribution is -2.34. The lowest BCUT2D eigenvalue weighted by atomic mass is 9.99. The van der Waals surface area contributed by atoms with Crippen molar-refractivity contribution in [2.75, 3.05) is 37.4 Å². The molecule has 1 atom stereocenters. The van der Waals surface area contributed by atoms with Crippen molar-refractivity contribution < 1.29 is 4.79 Å². The molecule has 1 saturated heterocycles. The Morgan fingerprint density at radius 2 is 1.83 bits per heavy atom. The second kappa shape index (κ2) is 9.74. The molecule has 0 aliphatic carbocycles. The van der Waals surface area contributed by atoms with Crippen LogP contribution in [0.3, 0.4) is 0 Å². The van der Waals surface area contributed by atoms with Gasteiger partial charge in [0.05, 0.1) is 0 Å². The number of thiocarbonyl (C=S) groups is 1. The van der Waals surface area contributed by atoms with Gasteiger partial charge in [0.15, 0.2) is 5.11 Å².